The molecule has 0 aromatic heterocycles. The molecule has 0 aliphatic carbocycles. The number of alkyl halides is 3. The lowest BCUT2D eigenvalue weighted by molar-refractivity contribution is -0.137. The fourth-order valence-electron chi connectivity index (χ4n) is 1.84. The first-order chi connectivity index (χ1) is 8.60. The van der Waals surface area contributed by atoms with Crippen LogP contribution in [0.5, 0.6) is 0 Å². The Balaban J connectivity index is 2.46. The Morgan fingerprint density at radius 3 is 2.58 bits per heavy atom. The minimum atomic E-state index is -4.60. The van der Waals surface area contributed by atoms with Gasteiger partial charge in [0.25, 0.3) is 10.2 Å². The van der Waals surface area contributed by atoms with Gasteiger partial charge in [0, 0.05) is 19.5 Å². The van der Waals surface area contributed by atoms with Gasteiger partial charge in [0.15, 0.2) is 0 Å². The maximum atomic E-state index is 11.9. The SMILES string of the molecule is O=C(O)CCC1CCN(S(=O)(=O)NCC(F)(F)F)C1. The average Bonchev–Trinajstić information content (AvgIpc) is 2.72. The maximum Gasteiger partial charge on any atom is 0.402 e. The van der Waals surface area contributed by atoms with E-state index in [-0.39, 0.29) is 25.4 Å². The van der Waals surface area contributed by atoms with Crippen molar-refractivity contribution in [3.8, 4) is 0 Å². The summed E-state index contributed by atoms with van der Waals surface area (Å²) >= 11 is 0. The summed E-state index contributed by atoms with van der Waals surface area (Å²) in [6.45, 7) is -1.44. The number of nitrogens with one attached hydrogen (secondary N) is 1. The fourth-order valence-corrected chi connectivity index (χ4v) is 3.12. The molecule has 0 radical (unpaired) electrons. The molecule has 1 aliphatic heterocycles. The highest BCUT2D eigenvalue weighted by atomic mass is 32.2. The number of hydrogen-bond acceptors (Lipinski definition) is 3. The zero-order valence-corrected chi connectivity index (χ0v) is 10.8. The molecule has 112 valence electrons. The number of carbonyl (C=O) groups is 1. The van der Waals surface area contributed by atoms with Crippen molar-refractivity contribution in [2.45, 2.75) is 25.4 Å². The van der Waals surface area contributed by atoms with E-state index in [1.165, 1.54) is 4.72 Å². The first-order valence-corrected chi connectivity index (χ1v) is 7.07. The summed E-state index contributed by atoms with van der Waals surface area (Å²) < 4.78 is 61.4. The lowest BCUT2D eigenvalue weighted by Crippen LogP contribution is -2.43. The van der Waals surface area contributed by atoms with Crippen molar-refractivity contribution in [2.75, 3.05) is 19.6 Å². The van der Waals surface area contributed by atoms with E-state index in [0.29, 0.717) is 12.8 Å². The van der Waals surface area contributed by atoms with Crippen molar-refractivity contribution in [3.63, 3.8) is 0 Å². The smallest absolute Gasteiger partial charge is 0.402 e. The van der Waals surface area contributed by atoms with Gasteiger partial charge in [-0.1, -0.05) is 0 Å². The minimum absolute atomic E-state index is 0.0560. The number of aliphatic carboxylic acids is 1. The summed E-state index contributed by atoms with van der Waals surface area (Å²) in [4.78, 5) is 10.4. The van der Waals surface area contributed by atoms with Crippen LogP contribution in [0.2, 0.25) is 0 Å². The van der Waals surface area contributed by atoms with Crippen LogP contribution in [0.4, 0.5) is 13.2 Å². The van der Waals surface area contributed by atoms with Crippen molar-refractivity contribution in [3.05, 3.63) is 0 Å². The molecule has 6 nitrogen and oxygen atoms in total. The fraction of sp³-hybridized carbons (Fsp3) is 0.889. The highest BCUT2D eigenvalue weighted by molar-refractivity contribution is 7.87. The van der Waals surface area contributed by atoms with Crippen LogP contribution in [0.25, 0.3) is 0 Å². The van der Waals surface area contributed by atoms with Crippen LogP contribution in [0.3, 0.4) is 0 Å². The van der Waals surface area contributed by atoms with Gasteiger partial charge in [0.05, 0.1) is 0 Å². The third kappa shape index (κ3) is 5.74. The molecule has 1 unspecified atom stereocenters. The Morgan fingerprint density at radius 1 is 1.42 bits per heavy atom. The zero-order valence-electron chi connectivity index (χ0n) is 9.98. The Hall–Kier alpha value is -0.870. The highest BCUT2D eigenvalue weighted by Gasteiger charge is 2.35. The second-order valence-electron chi connectivity index (χ2n) is 4.39. The molecule has 1 aliphatic rings. The van der Waals surface area contributed by atoms with E-state index in [4.69, 9.17) is 5.11 Å². The number of hydrogen-bond donors (Lipinski definition) is 2. The van der Waals surface area contributed by atoms with E-state index in [2.05, 4.69) is 0 Å². The summed E-state index contributed by atoms with van der Waals surface area (Å²) in [5, 5.41) is 8.50. The number of rotatable bonds is 6. The van der Waals surface area contributed by atoms with Crippen molar-refractivity contribution in [1.29, 1.82) is 0 Å². The Kier molecular flexibility index (Phi) is 5.16. The van der Waals surface area contributed by atoms with Crippen molar-refractivity contribution in [2.24, 2.45) is 5.92 Å². The van der Waals surface area contributed by atoms with Gasteiger partial charge in [0.1, 0.15) is 6.54 Å². The van der Waals surface area contributed by atoms with Gasteiger partial charge in [0.2, 0.25) is 0 Å². The van der Waals surface area contributed by atoms with E-state index < -0.39 is 28.9 Å². The molecule has 0 saturated carbocycles. The predicted molar refractivity (Wildman–Crippen MR) is 59.5 cm³/mol. The Labute approximate surface area is 108 Å². The number of halogens is 3. The molecule has 10 heteroatoms. The zero-order chi connectivity index (χ0) is 14.7. The second kappa shape index (κ2) is 6.06. The average molecular weight is 304 g/mol. The van der Waals surface area contributed by atoms with E-state index in [9.17, 15) is 26.4 Å². The van der Waals surface area contributed by atoms with Crippen LogP contribution in [0.1, 0.15) is 19.3 Å². The summed E-state index contributed by atoms with van der Waals surface area (Å²) in [5.74, 6) is -1.10. The molecular formula is C9H15F3N2O4S. The van der Waals surface area contributed by atoms with Gasteiger partial charge in [-0.3, -0.25) is 4.79 Å². The summed E-state index contributed by atoms with van der Waals surface area (Å²) in [6.07, 6.45) is -3.90. The molecule has 1 saturated heterocycles. The summed E-state index contributed by atoms with van der Waals surface area (Å²) in [7, 11) is -4.15. The molecule has 0 spiro atoms. The van der Waals surface area contributed by atoms with E-state index in [1.807, 2.05) is 0 Å². The molecule has 1 rings (SSSR count). The van der Waals surface area contributed by atoms with E-state index >= 15 is 0 Å². The molecule has 1 heterocycles. The number of carboxylic acids is 1. The predicted octanol–water partition coefficient (Wildman–Crippen LogP) is 0.570. The minimum Gasteiger partial charge on any atom is -0.481 e. The van der Waals surface area contributed by atoms with Crippen LogP contribution in [-0.2, 0) is 15.0 Å². The lowest BCUT2D eigenvalue weighted by atomic mass is 10.0. The standard InChI is InChI=1S/C9H15F3N2O4S/c10-9(11,12)6-13-19(17,18)14-4-3-7(5-14)1-2-8(15)16/h7,13H,1-6H2,(H,15,16). The first-order valence-electron chi connectivity index (χ1n) is 5.63. The van der Waals surface area contributed by atoms with Gasteiger partial charge < -0.3 is 5.11 Å². The molecule has 0 bridgehead atoms. The van der Waals surface area contributed by atoms with E-state index in [1.54, 1.807) is 0 Å². The molecule has 2 N–H and O–H groups in total. The van der Waals surface area contributed by atoms with Crippen LogP contribution < -0.4 is 4.72 Å². The summed E-state index contributed by atoms with van der Waals surface area (Å²) in [6, 6.07) is 0. The molecule has 0 amide bonds. The van der Waals surface area contributed by atoms with Crippen LogP contribution in [0.15, 0.2) is 0 Å². The Morgan fingerprint density at radius 2 is 2.05 bits per heavy atom. The molecule has 1 fully saturated rings. The van der Waals surface area contributed by atoms with Crippen LogP contribution in [-0.4, -0.2) is 49.6 Å². The molecular weight excluding hydrogens is 289 g/mol. The third-order valence-corrected chi connectivity index (χ3v) is 4.33. The normalized spacial score (nSPS) is 21.7. The molecule has 0 aromatic carbocycles. The molecule has 19 heavy (non-hydrogen) atoms. The summed E-state index contributed by atoms with van der Waals surface area (Å²) in [5.41, 5.74) is 0. The third-order valence-electron chi connectivity index (χ3n) is 2.81. The molecule has 0 aromatic rings. The monoisotopic (exact) mass is 304 g/mol. The maximum absolute atomic E-state index is 11.9. The lowest BCUT2D eigenvalue weighted by Gasteiger charge is -2.17. The van der Waals surface area contributed by atoms with Gasteiger partial charge in [-0.2, -0.15) is 30.6 Å². The second-order valence-corrected chi connectivity index (χ2v) is 6.14. The van der Waals surface area contributed by atoms with Crippen molar-refractivity contribution >= 4 is 16.2 Å². The highest BCUT2D eigenvalue weighted by Crippen LogP contribution is 2.23. The molecule has 1 atom stereocenters. The van der Waals surface area contributed by atoms with E-state index in [0.717, 1.165) is 4.31 Å². The van der Waals surface area contributed by atoms with Gasteiger partial charge in [-0.25, -0.2) is 0 Å². The largest absolute Gasteiger partial charge is 0.481 e. The van der Waals surface area contributed by atoms with Crippen LogP contribution in [0, 0.1) is 5.92 Å². The van der Waals surface area contributed by atoms with Gasteiger partial charge >= 0.3 is 12.1 Å². The van der Waals surface area contributed by atoms with Crippen LogP contribution >= 0.6 is 0 Å². The Bertz CT molecular complexity index is 424. The number of nitrogens with zero attached hydrogens (tertiary/aromatic N) is 1. The number of carboxylic acid groups (broad SMARTS) is 1. The van der Waals surface area contributed by atoms with Crippen molar-refractivity contribution in [1.82, 2.24) is 9.03 Å². The van der Waals surface area contributed by atoms with Gasteiger partial charge in [-0.15, -0.1) is 0 Å². The topological polar surface area (TPSA) is 86.7 Å². The van der Waals surface area contributed by atoms with Gasteiger partial charge in [-0.05, 0) is 18.8 Å². The first kappa shape index (κ1) is 16.2. The van der Waals surface area contributed by atoms with Crippen molar-refractivity contribution < 1.29 is 31.5 Å². The quantitative estimate of drug-likeness (QED) is 0.751.